The first-order chi connectivity index (χ1) is 8.27. The lowest BCUT2D eigenvalue weighted by Crippen LogP contribution is -2.35. The van der Waals surface area contributed by atoms with Gasteiger partial charge in [0.1, 0.15) is 0 Å². The number of pyridine rings is 1. The zero-order valence-corrected chi connectivity index (χ0v) is 9.80. The molecule has 4 nitrogen and oxygen atoms in total. The number of rotatable bonds is 1. The van der Waals surface area contributed by atoms with E-state index in [0.717, 1.165) is 49.2 Å². The van der Waals surface area contributed by atoms with Crippen LogP contribution in [0.4, 0.5) is 0 Å². The highest BCUT2D eigenvalue weighted by molar-refractivity contribution is 5.13. The molecule has 2 fully saturated rings. The van der Waals surface area contributed by atoms with Crippen molar-refractivity contribution >= 4 is 0 Å². The normalized spacial score (nSPS) is 24.2. The molecule has 0 unspecified atom stereocenters. The first-order valence-corrected chi connectivity index (χ1v) is 6.24. The minimum absolute atomic E-state index is 0.307. The molecule has 2 aliphatic rings. The number of hydrogen-bond acceptors (Lipinski definition) is 3. The Balaban J connectivity index is 1.68. The summed E-state index contributed by atoms with van der Waals surface area (Å²) in [4.78, 5) is 0. The van der Waals surface area contributed by atoms with Gasteiger partial charge in [0.05, 0.1) is 13.2 Å². The lowest BCUT2D eigenvalue weighted by atomic mass is 9.81. The van der Waals surface area contributed by atoms with Crippen LogP contribution in [0.1, 0.15) is 37.2 Å². The highest BCUT2D eigenvalue weighted by atomic mass is 16.7. The topological polar surface area (TPSA) is 45.4 Å². The third-order valence-electron chi connectivity index (χ3n) is 3.83. The zero-order valence-electron chi connectivity index (χ0n) is 9.80. The summed E-state index contributed by atoms with van der Waals surface area (Å²) in [6, 6.07) is 3.85. The Morgan fingerprint density at radius 3 is 2.59 bits per heavy atom. The molecule has 0 atom stereocenters. The van der Waals surface area contributed by atoms with Gasteiger partial charge in [-0.05, 0) is 24.8 Å². The van der Waals surface area contributed by atoms with Gasteiger partial charge in [-0.1, -0.05) is 0 Å². The summed E-state index contributed by atoms with van der Waals surface area (Å²) in [5.74, 6) is 0.161. The van der Waals surface area contributed by atoms with Crippen molar-refractivity contribution in [3.05, 3.63) is 35.3 Å². The quantitative estimate of drug-likeness (QED) is 0.550. The van der Waals surface area contributed by atoms with Crippen molar-refractivity contribution in [2.75, 3.05) is 13.2 Å². The van der Waals surface area contributed by atoms with E-state index in [4.69, 9.17) is 9.47 Å². The summed E-state index contributed by atoms with van der Waals surface area (Å²) in [5.41, 5.74) is 1.13. The molecule has 1 spiro atoms. The molecule has 2 heterocycles. The maximum absolute atomic E-state index is 11.2. The van der Waals surface area contributed by atoms with Crippen LogP contribution < -0.4 is 4.73 Å². The standard InChI is InChI=1S/C13H17NO3/c15-14-7-1-2-12(10-14)11-3-5-13(6-4-11)16-8-9-17-13/h1-2,7,10-11H,3-6,8-9H2. The fourth-order valence-electron chi connectivity index (χ4n) is 2.89. The molecule has 0 bridgehead atoms. The monoisotopic (exact) mass is 235 g/mol. The third-order valence-corrected chi connectivity index (χ3v) is 3.83. The van der Waals surface area contributed by atoms with E-state index < -0.39 is 0 Å². The van der Waals surface area contributed by atoms with Gasteiger partial charge in [0.15, 0.2) is 18.2 Å². The fraction of sp³-hybridized carbons (Fsp3) is 0.615. The highest BCUT2D eigenvalue weighted by Gasteiger charge is 2.40. The maximum atomic E-state index is 11.2. The largest absolute Gasteiger partial charge is 0.619 e. The minimum atomic E-state index is -0.307. The van der Waals surface area contributed by atoms with Crippen molar-refractivity contribution in [1.29, 1.82) is 0 Å². The van der Waals surface area contributed by atoms with Crippen LogP contribution in [-0.2, 0) is 9.47 Å². The number of hydrogen-bond donors (Lipinski definition) is 0. The second kappa shape index (κ2) is 4.27. The minimum Gasteiger partial charge on any atom is -0.619 e. The SMILES string of the molecule is [O-][n+]1cccc(C2CCC3(CC2)OCCO3)c1. The van der Waals surface area contributed by atoms with Gasteiger partial charge in [-0.3, -0.25) is 0 Å². The molecule has 1 aromatic rings. The molecule has 17 heavy (non-hydrogen) atoms. The zero-order chi connectivity index (χ0) is 11.7. The molecule has 1 aromatic heterocycles. The van der Waals surface area contributed by atoms with E-state index in [2.05, 4.69) is 0 Å². The molecule has 3 rings (SSSR count). The first-order valence-electron chi connectivity index (χ1n) is 6.24. The average Bonchev–Trinajstić information content (AvgIpc) is 2.79. The van der Waals surface area contributed by atoms with E-state index in [1.165, 1.54) is 6.20 Å². The summed E-state index contributed by atoms with van der Waals surface area (Å²) in [5, 5.41) is 11.2. The summed E-state index contributed by atoms with van der Waals surface area (Å²) in [6.45, 7) is 1.44. The Labute approximate surface area is 101 Å². The van der Waals surface area contributed by atoms with Crippen LogP contribution in [0.3, 0.4) is 0 Å². The van der Waals surface area contributed by atoms with E-state index in [9.17, 15) is 5.21 Å². The number of nitrogens with zero attached hydrogens (tertiary/aromatic N) is 1. The molecular formula is C13H17NO3. The predicted molar refractivity (Wildman–Crippen MR) is 61.2 cm³/mol. The summed E-state index contributed by atoms with van der Waals surface area (Å²) in [7, 11) is 0. The van der Waals surface area contributed by atoms with Gasteiger partial charge in [-0.2, -0.15) is 4.73 Å². The molecule has 0 amide bonds. The Morgan fingerprint density at radius 2 is 1.94 bits per heavy atom. The first kappa shape index (κ1) is 11.0. The van der Waals surface area contributed by atoms with Crippen LogP contribution in [0.5, 0.6) is 0 Å². The average molecular weight is 235 g/mol. The summed E-state index contributed by atoms with van der Waals surface area (Å²) < 4.78 is 12.3. The Morgan fingerprint density at radius 1 is 1.24 bits per heavy atom. The van der Waals surface area contributed by atoms with Crippen molar-refractivity contribution in [2.45, 2.75) is 37.4 Å². The number of ether oxygens (including phenoxy) is 2. The van der Waals surface area contributed by atoms with Gasteiger partial charge in [-0.15, -0.1) is 0 Å². The van der Waals surface area contributed by atoms with Crippen molar-refractivity contribution in [2.24, 2.45) is 0 Å². The lowest BCUT2D eigenvalue weighted by Gasteiger charge is -2.35. The molecule has 4 heteroatoms. The molecule has 0 aromatic carbocycles. The van der Waals surface area contributed by atoms with Crippen LogP contribution in [0, 0.1) is 5.21 Å². The summed E-state index contributed by atoms with van der Waals surface area (Å²) >= 11 is 0. The Bertz CT molecular complexity index is 391. The van der Waals surface area contributed by atoms with E-state index >= 15 is 0 Å². The van der Waals surface area contributed by atoms with E-state index in [-0.39, 0.29) is 5.79 Å². The van der Waals surface area contributed by atoms with Crippen LogP contribution in [0.2, 0.25) is 0 Å². The van der Waals surface area contributed by atoms with Crippen molar-refractivity contribution in [1.82, 2.24) is 0 Å². The molecular weight excluding hydrogens is 218 g/mol. The second-order valence-corrected chi connectivity index (χ2v) is 4.88. The van der Waals surface area contributed by atoms with Gasteiger partial charge in [-0.25, -0.2) is 0 Å². The molecule has 1 saturated heterocycles. The van der Waals surface area contributed by atoms with Crippen LogP contribution in [0.15, 0.2) is 24.5 Å². The van der Waals surface area contributed by atoms with Gasteiger partial charge in [0.25, 0.3) is 0 Å². The van der Waals surface area contributed by atoms with Crippen LogP contribution >= 0.6 is 0 Å². The second-order valence-electron chi connectivity index (χ2n) is 4.88. The van der Waals surface area contributed by atoms with Crippen molar-refractivity contribution < 1.29 is 14.2 Å². The molecule has 1 saturated carbocycles. The van der Waals surface area contributed by atoms with E-state index in [1.807, 2.05) is 12.1 Å². The Kier molecular flexibility index (Phi) is 2.76. The molecule has 92 valence electrons. The van der Waals surface area contributed by atoms with Crippen molar-refractivity contribution in [3.8, 4) is 0 Å². The third kappa shape index (κ3) is 2.15. The number of aromatic nitrogens is 1. The lowest BCUT2D eigenvalue weighted by molar-refractivity contribution is -0.606. The molecule has 0 N–H and O–H groups in total. The predicted octanol–water partition coefficient (Wildman–Crippen LogP) is 1.72. The Hall–Kier alpha value is -1.13. The van der Waals surface area contributed by atoms with E-state index in [1.54, 1.807) is 6.20 Å². The van der Waals surface area contributed by atoms with Gasteiger partial charge in [0, 0.05) is 24.5 Å². The van der Waals surface area contributed by atoms with Crippen molar-refractivity contribution in [3.63, 3.8) is 0 Å². The van der Waals surface area contributed by atoms with E-state index in [0.29, 0.717) is 5.92 Å². The summed E-state index contributed by atoms with van der Waals surface area (Å²) in [6.07, 6.45) is 7.14. The van der Waals surface area contributed by atoms with Crippen LogP contribution in [-0.4, -0.2) is 19.0 Å². The van der Waals surface area contributed by atoms with Crippen LogP contribution in [0.25, 0.3) is 0 Å². The van der Waals surface area contributed by atoms with Gasteiger partial charge < -0.3 is 14.7 Å². The molecule has 1 aliphatic heterocycles. The maximum Gasteiger partial charge on any atom is 0.183 e. The molecule has 1 aliphatic carbocycles. The smallest absolute Gasteiger partial charge is 0.183 e. The fourth-order valence-corrected chi connectivity index (χ4v) is 2.89. The van der Waals surface area contributed by atoms with Gasteiger partial charge in [0.2, 0.25) is 0 Å². The highest BCUT2D eigenvalue weighted by Crippen LogP contribution is 2.41. The molecule has 0 radical (unpaired) electrons. The van der Waals surface area contributed by atoms with Gasteiger partial charge >= 0.3 is 0 Å².